The number of nitrogens with zero attached hydrogens (tertiary/aromatic N) is 2. The Hall–Kier alpha value is -4.03. The summed E-state index contributed by atoms with van der Waals surface area (Å²) in [7, 11) is 0. The number of hydrogen-bond donors (Lipinski definition) is 1. The monoisotopic (exact) mass is 495 g/mol. The summed E-state index contributed by atoms with van der Waals surface area (Å²) in [4.78, 5) is 37.4. The van der Waals surface area contributed by atoms with Gasteiger partial charge in [-0.15, -0.1) is 0 Å². The Labute approximate surface area is 211 Å². The highest BCUT2D eigenvalue weighted by atomic mass is 35.5. The van der Waals surface area contributed by atoms with E-state index in [9.17, 15) is 9.59 Å². The van der Waals surface area contributed by atoms with E-state index in [-0.39, 0.29) is 17.6 Å². The third kappa shape index (κ3) is 4.14. The maximum atomic E-state index is 12.8. The number of H-pyrrole nitrogens is 1. The number of halogens is 1. The van der Waals surface area contributed by atoms with E-state index >= 15 is 0 Å². The van der Waals surface area contributed by atoms with Crippen molar-refractivity contribution in [3.63, 3.8) is 0 Å². The van der Waals surface area contributed by atoms with Crippen LogP contribution in [0.3, 0.4) is 0 Å². The molecule has 0 unspecified atom stereocenters. The topological polar surface area (TPSA) is 84.9 Å². The largest absolute Gasteiger partial charge is 0.420 e. The van der Waals surface area contributed by atoms with Crippen LogP contribution in [0.25, 0.3) is 44.3 Å². The second-order valence-electron chi connectivity index (χ2n) is 9.09. The number of benzene rings is 2. The molecule has 6 nitrogen and oxygen atoms in total. The maximum absolute atomic E-state index is 12.8. The average molecular weight is 496 g/mol. The Kier molecular flexibility index (Phi) is 5.74. The Balaban J connectivity index is 1.53. The second-order valence-corrected chi connectivity index (χ2v) is 9.49. The Morgan fingerprint density at radius 1 is 0.944 bits per heavy atom. The molecule has 0 saturated heterocycles. The zero-order valence-electron chi connectivity index (χ0n) is 19.3. The van der Waals surface area contributed by atoms with E-state index in [1.807, 2.05) is 60.7 Å². The first-order valence-electron chi connectivity index (χ1n) is 12.0. The molecule has 6 rings (SSSR count). The molecule has 3 aromatic heterocycles. The number of ether oxygens (including phenoxy) is 1. The first-order valence-corrected chi connectivity index (χ1v) is 12.3. The lowest BCUT2D eigenvalue weighted by Crippen LogP contribution is -2.22. The van der Waals surface area contributed by atoms with Crippen molar-refractivity contribution >= 4 is 39.5 Å². The van der Waals surface area contributed by atoms with E-state index in [0.29, 0.717) is 21.7 Å². The number of rotatable bonds is 4. The molecular formula is C29H22ClN3O3. The number of aromatic nitrogens is 3. The number of carbonyl (C=O) groups excluding carboxylic acids is 1. The maximum Gasteiger partial charge on any atom is 0.314 e. The fraction of sp³-hybridized carbons (Fsp3) is 0.172. The van der Waals surface area contributed by atoms with Gasteiger partial charge in [0, 0.05) is 28.1 Å². The summed E-state index contributed by atoms with van der Waals surface area (Å²) in [6, 6.07) is 21.0. The Morgan fingerprint density at radius 3 is 2.56 bits per heavy atom. The van der Waals surface area contributed by atoms with Gasteiger partial charge in [0.05, 0.1) is 22.2 Å². The van der Waals surface area contributed by atoms with Gasteiger partial charge in [-0.25, -0.2) is 4.98 Å². The highest BCUT2D eigenvalue weighted by Gasteiger charge is 2.25. The third-order valence-electron chi connectivity index (χ3n) is 6.71. The molecule has 178 valence electrons. The number of fused-ring (bicyclic) bond motifs is 2. The highest BCUT2D eigenvalue weighted by Crippen LogP contribution is 2.37. The van der Waals surface area contributed by atoms with Crippen molar-refractivity contribution < 1.29 is 9.53 Å². The first kappa shape index (κ1) is 22.4. The van der Waals surface area contributed by atoms with Crippen LogP contribution in [0, 0.1) is 5.92 Å². The van der Waals surface area contributed by atoms with E-state index in [1.54, 1.807) is 12.3 Å². The van der Waals surface area contributed by atoms with Crippen LogP contribution >= 0.6 is 11.6 Å². The predicted molar refractivity (Wildman–Crippen MR) is 141 cm³/mol. The molecule has 1 fully saturated rings. The third-order valence-corrected chi connectivity index (χ3v) is 7.00. The lowest BCUT2D eigenvalue weighted by molar-refractivity contribution is -0.138. The molecule has 0 aliphatic heterocycles. The SMILES string of the molecule is O=C(Oc1cc2cc(-c3cc(Cl)c4ncccc4c3)c(-c3ccccc3)nc2[nH]c1=O)C1CCCC1. The Morgan fingerprint density at radius 2 is 1.75 bits per heavy atom. The van der Waals surface area contributed by atoms with Gasteiger partial charge in [-0.05, 0) is 48.7 Å². The minimum atomic E-state index is -0.479. The minimum Gasteiger partial charge on any atom is -0.420 e. The van der Waals surface area contributed by atoms with Crippen molar-refractivity contribution in [3.8, 4) is 28.1 Å². The van der Waals surface area contributed by atoms with Crippen molar-refractivity contribution in [2.24, 2.45) is 5.92 Å². The van der Waals surface area contributed by atoms with Gasteiger partial charge in [0.2, 0.25) is 0 Å². The molecule has 2 aromatic carbocycles. The summed E-state index contributed by atoms with van der Waals surface area (Å²) in [5, 5.41) is 2.10. The summed E-state index contributed by atoms with van der Waals surface area (Å²) in [5.74, 6) is -0.511. The van der Waals surface area contributed by atoms with Crippen LogP contribution in [0.1, 0.15) is 25.7 Å². The fourth-order valence-corrected chi connectivity index (χ4v) is 5.16. The molecular weight excluding hydrogens is 474 g/mol. The molecule has 0 spiro atoms. The average Bonchev–Trinajstić information content (AvgIpc) is 3.44. The van der Waals surface area contributed by atoms with Gasteiger partial charge in [0.15, 0.2) is 5.75 Å². The number of hydrogen-bond acceptors (Lipinski definition) is 5. The van der Waals surface area contributed by atoms with Gasteiger partial charge in [0.25, 0.3) is 5.56 Å². The van der Waals surface area contributed by atoms with E-state index in [4.69, 9.17) is 21.3 Å². The molecule has 1 aliphatic carbocycles. The predicted octanol–water partition coefficient (Wildman–Crippen LogP) is 6.55. The van der Waals surface area contributed by atoms with Crippen molar-refractivity contribution in [3.05, 3.63) is 88.3 Å². The van der Waals surface area contributed by atoms with Crippen LogP contribution in [0.2, 0.25) is 5.02 Å². The second kappa shape index (κ2) is 9.21. The van der Waals surface area contributed by atoms with Crippen molar-refractivity contribution in [1.82, 2.24) is 15.0 Å². The minimum absolute atomic E-state index is 0.0136. The van der Waals surface area contributed by atoms with E-state index < -0.39 is 5.56 Å². The normalized spacial score (nSPS) is 13.9. The van der Waals surface area contributed by atoms with Gasteiger partial charge in [-0.3, -0.25) is 14.6 Å². The standard InChI is InChI=1S/C29H22ClN3O3/c30-23-15-20(13-19-11-6-12-31-26(19)23)22-14-21-16-24(36-29(35)18-9-4-5-10-18)28(34)33-27(21)32-25(22)17-7-2-1-3-8-17/h1-3,6-8,11-16,18H,4-5,9-10H2,(H,32,33,34). The zero-order chi connectivity index (χ0) is 24.6. The van der Waals surface area contributed by atoms with Gasteiger partial charge in [0.1, 0.15) is 5.65 Å². The summed E-state index contributed by atoms with van der Waals surface area (Å²) in [5.41, 5.74) is 3.96. The van der Waals surface area contributed by atoms with Gasteiger partial charge in [-0.2, -0.15) is 0 Å². The summed E-state index contributed by atoms with van der Waals surface area (Å²) < 4.78 is 5.53. The number of nitrogens with one attached hydrogen (secondary N) is 1. The summed E-state index contributed by atoms with van der Waals surface area (Å²) >= 11 is 6.61. The summed E-state index contributed by atoms with van der Waals surface area (Å²) in [6.45, 7) is 0. The molecule has 1 aliphatic rings. The fourth-order valence-electron chi connectivity index (χ4n) is 4.88. The highest BCUT2D eigenvalue weighted by molar-refractivity contribution is 6.35. The van der Waals surface area contributed by atoms with E-state index in [1.165, 1.54) is 0 Å². The zero-order valence-corrected chi connectivity index (χ0v) is 20.1. The summed E-state index contributed by atoms with van der Waals surface area (Å²) in [6.07, 6.45) is 5.33. The van der Waals surface area contributed by atoms with Crippen molar-refractivity contribution in [2.45, 2.75) is 25.7 Å². The molecule has 1 N–H and O–H groups in total. The first-order chi connectivity index (χ1) is 17.6. The van der Waals surface area contributed by atoms with Crippen LogP contribution in [0.4, 0.5) is 0 Å². The Bertz CT molecular complexity index is 1680. The molecule has 36 heavy (non-hydrogen) atoms. The molecule has 0 bridgehead atoms. The molecule has 0 radical (unpaired) electrons. The quantitative estimate of drug-likeness (QED) is 0.285. The van der Waals surface area contributed by atoms with Gasteiger partial charge < -0.3 is 9.72 Å². The lowest BCUT2D eigenvalue weighted by atomic mass is 9.97. The molecule has 0 atom stereocenters. The molecule has 0 amide bonds. The molecule has 1 saturated carbocycles. The lowest BCUT2D eigenvalue weighted by Gasteiger charge is -2.14. The van der Waals surface area contributed by atoms with E-state index in [0.717, 1.165) is 53.3 Å². The smallest absolute Gasteiger partial charge is 0.314 e. The molecule has 5 aromatic rings. The number of esters is 1. The number of pyridine rings is 3. The van der Waals surface area contributed by atoms with Gasteiger partial charge >= 0.3 is 5.97 Å². The van der Waals surface area contributed by atoms with Crippen LogP contribution in [-0.2, 0) is 4.79 Å². The molecule has 7 heteroatoms. The van der Waals surface area contributed by atoms with Crippen molar-refractivity contribution in [2.75, 3.05) is 0 Å². The molecule has 3 heterocycles. The van der Waals surface area contributed by atoms with Crippen LogP contribution in [0.5, 0.6) is 5.75 Å². The van der Waals surface area contributed by atoms with Gasteiger partial charge in [-0.1, -0.05) is 60.8 Å². The van der Waals surface area contributed by atoms with Crippen LogP contribution in [-0.4, -0.2) is 20.9 Å². The van der Waals surface area contributed by atoms with E-state index in [2.05, 4.69) is 9.97 Å². The number of aromatic amines is 1. The number of carbonyl (C=O) groups is 1. The van der Waals surface area contributed by atoms with Crippen LogP contribution in [0.15, 0.2) is 77.7 Å². The van der Waals surface area contributed by atoms with Crippen molar-refractivity contribution in [1.29, 1.82) is 0 Å². The van der Waals surface area contributed by atoms with Crippen LogP contribution < -0.4 is 10.3 Å².